The van der Waals surface area contributed by atoms with Crippen LogP contribution in [0, 0.1) is 0 Å². The Hall–Kier alpha value is -0.315. The summed E-state index contributed by atoms with van der Waals surface area (Å²) in [6.45, 7) is 0. The molecule has 0 spiro atoms. The summed E-state index contributed by atoms with van der Waals surface area (Å²) in [6.07, 6.45) is 0. The van der Waals surface area contributed by atoms with Crippen molar-refractivity contribution in [3.05, 3.63) is 11.4 Å². The second kappa shape index (κ2) is 2.30. The fourth-order valence-electron chi connectivity index (χ4n) is 0.368. The summed E-state index contributed by atoms with van der Waals surface area (Å²) >= 11 is 1.83. The van der Waals surface area contributed by atoms with E-state index in [0.717, 1.165) is 0 Å². The first kappa shape index (κ1) is 5.82. The lowest BCUT2D eigenvalue weighted by molar-refractivity contribution is 0.448. The average molecular weight is 127 g/mol. The summed E-state index contributed by atoms with van der Waals surface area (Å²) in [7, 11) is 0. The van der Waals surface area contributed by atoms with Gasteiger partial charge in [-0.25, -0.2) is 0 Å². The van der Waals surface area contributed by atoms with Gasteiger partial charge >= 0.3 is 7.69 Å². The molecule has 0 atom stereocenters. The molecular weight excluding hydrogens is 123 g/mol. The van der Waals surface area contributed by atoms with Crippen LogP contribution in [-0.4, -0.2) is 17.7 Å². The highest BCUT2D eigenvalue weighted by atomic mass is 32.1. The number of hydrogen-bond acceptors (Lipinski definition) is 3. The molecule has 1 aliphatic heterocycles. The van der Waals surface area contributed by atoms with Gasteiger partial charge in [0.05, 0.1) is 0 Å². The Morgan fingerprint density at radius 1 is 1.50 bits per heavy atom. The van der Waals surface area contributed by atoms with E-state index in [2.05, 4.69) is 11.4 Å². The molecule has 2 aliphatic rings. The molecule has 41 valence electrons. The first-order chi connectivity index (χ1) is 3.88. The zero-order chi connectivity index (χ0) is 5.98. The summed E-state index contributed by atoms with van der Waals surface area (Å²) in [6, 6.07) is 2.19. The monoisotopic (exact) mass is 127 g/mol. The zero-order valence-electron chi connectivity index (χ0n) is 4.03. The molecule has 0 unspecified atom stereocenters. The van der Waals surface area contributed by atoms with E-state index in [1.165, 1.54) is 10.4 Å². The van der Waals surface area contributed by atoms with E-state index in [-0.39, 0.29) is 7.69 Å². The van der Waals surface area contributed by atoms with Crippen LogP contribution in [0.15, 0.2) is 11.4 Å². The number of hydrogen-bond donors (Lipinski definition) is 2. The minimum atomic E-state index is 0. The van der Waals surface area contributed by atoms with Crippen LogP contribution in [0.2, 0.25) is 0 Å². The normalized spacial score (nSPS) is 9.25. The quantitative estimate of drug-likeness (QED) is 0.497. The molecule has 2 N–H and O–H groups in total. The molecule has 4 heteroatoms. The van der Waals surface area contributed by atoms with Gasteiger partial charge in [0.2, 0.25) is 0 Å². The SMILES string of the molecule is O[B]O.c1sc2cc1-2. The van der Waals surface area contributed by atoms with Crippen molar-refractivity contribution in [3.63, 3.8) is 0 Å². The lowest BCUT2D eigenvalue weighted by Gasteiger charge is -1.75. The maximum Gasteiger partial charge on any atom is 0.482 e. The minimum Gasteiger partial charge on any atom is -0.429 e. The molecule has 0 amide bonds. The Labute approximate surface area is 51.7 Å². The van der Waals surface area contributed by atoms with Crippen molar-refractivity contribution in [2.75, 3.05) is 0 Å². The Kier molecular flexibility index (Phi) is 1.67. The van der Waals surface area contributed by atoms with Gasteiger partial charge < -0.3 is 10.0 Å². The predicted octanol–water partition coefficient (Wildman–Crippen LogP) is 0.234. The number of thiophene rings is 1. The van der Waals surface area contributed by atoms with E-state index in [1.807, 2.05) is 11.3 Å². The Bertz CT molecular complexity index is 150. The third kappa shape index (κ3) is 1.09. The molecular formula is C4H4BO2S. The summed E-state index contributed by atoms with van der Waals surface area (Å²) in [4.78, 5) is 1.50. The van der Waals surface area contributed by atoms with E-state index < -0.39 is 0 Å². The molecule has 8 heavy (non-hydrogen) atoms. The smallest absolute Gasteiger partial charge is 0.429 e. The van der Waals surface area contributed by atoms with Gasteiger partial charge in [-0.1, -0.05) is 0 Å². The Morgan fingerprint density at radius 3 is 2.00 bits per heavy atom. The highest BCUT2D eigenvalue weighted by Crippen LogP contribution is 2.42. The molecule has 1 aliphatic carbocycles. The molecule has 0 aromatic carbocycles. The molecule has 2 nitrogen and oxygen atoms in total. The van der Waals surface area contributed by atoms with Gasteiger partial charge in [0.25, 0.3) is 0 Å². The third-order valence-electron chi connectivity index (χ3n) is 0.801. The zero-order valence-corrected chi connectivity index (χ0v) is 4.85. The standard InChI is InChI=1S/C4H2S.BH2O2/c1-3-2-5-4(1)3;2-1-3/h1-2H;2-3H. The van der Waals surface area contributed by atoms with E-state index >= 15 is 0 Å². The molecule has 0 bridgehead atoms. The molecule has 0 saturated heterocycles. The summed E-state index contributed by atoms with van der Waals surface area (Å²) in [5.41, 5.74) is 1.48. The second-order valence-corrected chi connectivity index (χ2v) is 2.23. The first-order valence-corrected chi connectivity index (χ1v) is 2.95. The summed E-state index contributed by atoms with van der Waals surface area (Å²) in [5.74, 6) is 0. The molecule has 1 radical (unpaired) electrons. The van der Waals surface area contributed by atoms with Crippen molar-refractivity contribution < 1.29 is 10.0 Å². The van der Waals surface area contributed by atoms with Crippen LogP contribution in [0.4, 0.5) is 0 Å². The average Bonchev–Trinajstić information content (AvgIpc) is 2.16. The lowest BCUT2D eigenvalue weighted by Crippen LogP contribution is -1.75. The third-order valence-corrected chi connectivity index (χ3v) is 1.78. The van der Waals surface area contributed by atoms with Crippen LogP contribution in [-0.2, 0) is 0 Å². The topological polar surface area (TPSA) is 40.5 Å². The summed E-state index contributed by atoms with van der Waals surface area (Å²) < 4.78 is 0. The minimum absolute atomic E-state index is 0. The number of rotatable bonds is 0. The second-order valence-electron chi connectivity index (χ2n) is 1.32. The molecule has 1 heterocycles. The van der Waals surface area contributed by atoms with Crippen LogP contribution in [0.1, 0.15) is 0 Å². The Balaban J connectivity index is 0.0000000960. The Morgan fingerprint density at radius 2 is 2.00 bits per heavy atom. The molecule has 2 rings (SSSR count). The maximum absolute atomic E-state index is 7.00. The van der Waals surface area contributed by atoms with Gasteiger partial charge in [-0.2, -0.15) is 0 Å². The largest absolute Gasteiger partial charge is 0.482 e. The van der Waals surface area contributed by atoms with Gasteiger partial charge in [-0.15, -0.1) is 11.3 Å². The van der Waals surface area contributed by atoms with E-state index in [1.54, 1.807) is 0 Å². The van der Waals surface area contributed by atoms with Gasteiger partial charge in [-0.05, 0) is 6.07 Å². The van der Waals surface area contributed by atoms with Crippen molar-refractivity contribution in [1.29, 1.82) is 0 Å². The van der Waals surface area contributed by atoms with Gasteiger partial charge in [0, 0.05) is 15.8 Å². The van der Waals surface area contributed by atoms with Crippen LogP contribution in [0.5, 0.6) is 0 Å². The van der Waals surface area contributed by atoms with Gasteiger partial charge in [0.1, 0.15) is 0 Å². The molecule has 0 fully saturated rings. The first-order valence-electron chi connectivity index (χ1n) is 2.07. The lowest BCUT2D eigenvalue weighted by atomic mass is 10.5. The maximum atomic E-state index is 7.00. The van der Waals surface area contributed by atoms with Crippen molar-refractivity contribution in [2.45, 2.75) is 0 Å². The van der Waals surface area contributed by atoms with Crippen LogP contribution >= 0.6 is 11.3 Å². The fraction of sp³-hybridized carbons (Fsp3) is 0. The fourth-order valence-corrected chi connectivity index (χ4v) is 1.02. The van der Waals surface area contributed by atoms with Crippen molar-refractivity contribution in [3.8, 4) is 10.4 Å². The van der Waals surface area contributed by atoms with Gasteiger partial charge in [0.15, 0.2) is 0 Å². The van der Waals surface area contributed by atoms with Crippen LogP contribution < -0.4 is 0 Å². The summed E-state index contributed by atoms with van der Waals surface area (Å²) in [5, 5.41) is 16.2. The van der Waals surface area contributed by atoms with Crippen molar-refractivity contribution in [2.24, 2.45) is 0 Å². The van der Waals surface area contributed by atoms with E-state index in [4.69, 9.17) is 10.0 Å². The number of fused-ring (bicyclic) bond motifs is 1. The molecule has 0 aromatic rings. The van der Waals surface area contributed by atoms with E-state index in [0.29, 0.717) is 0 Å². The van der Waals surface area contributed by atoms with Crippen LogP contribution in [0.3, 0.4) is 0 Å². The van der Waals surface area contributed by atoms with Crippen molar-refractivity contribution in [1.82, 2.24) is 0 Å². The predicted molar refractivity (Wildman–Crippen MR) is 33.5 cm³/mol. The highest BCUT2D eigenvalue weighted by Gasteiger charge is 2.12. The van der Waals surface area contributed by atoms with Gasteiger partial charge in [-0.3, -0.25) is 0 Å². The molecule has 0 aromatic heterocycles. The van der Waals surface area contributed by atoms with Crippen LogP contribution in [0.25, 0.3) is 10.4 Å². The van der Waals surface area contributed by atoms with Crippen molar-refractivity contribution >= 4 is 19.0 Å². The highest BCUT2D eigenvalue weighted by molar-refractivity contribution is 7.18. The molecule has 0 saturated carbocycles. The van der Waals surface area contributed by atoms with E-state index in [9.17, 15) is 0 Å².